The molecule has 0 bridgehead atoms. The molecular weight excluding hydrogens is 532 g/mol. The van der Waals surface area contributed by atoms with E-state index in [4.69, 9.17) is 0 Å². The zero-order valence-corrected chi connectivity index (χ0v) is 26.7. The molecule has 1 aliphatic carbocycles. The number of hydrogen-bond acceptors (Lipinski definition) is 4. The minimum Gasteiger partial charge on any atom is -0.379 e. The molecule has 4 atom stereocenters. The van der Waals surface area contributed by atoms with Crippen LogP contribution in [-0.4, -0.2) is 75.7 Å². The molecule has 230 valence electrons. The van der Waals surface area contributed by atoms with Crippen molar-refractivity contribution in [2.45, 2.75) is 110 Å². The van der Waals surface area contributed by atoms with Crippen LogP contribution in [0.25, 0.3) is 0 Å². The van der Waals surface area contributed by atoms with E-state index in [9.17, 15) is 14.3 Å². The third kappa shape index (κ3) is 5.41. The summed E-state index contributed by atoms with van der Waals surface area (Å²) in [6, 6.07) is 8.76. The Morgan fingerprint density at radius 2 is 1.67 bits per heavy atom. The van der Waals surface area contributed by atoms with E-state index < -0.39 is 17.9 Å². The first-order chi connectivity index (χ1) is 19.6. The van der Waals surface area contributed by atoms with Crippen LogP contribution in [0.4, 0.5) is 8.78 Å². The summed E-state index contributed by atoms with van der Waals surface area (Å²) in [7, 11) is 0. The number of fused-ring (bicyclic) bond motifs is 2. The topological polar surface area (TPSA) is 47.0 Å². The fraction of sp³-hybridized carbons (Fsp3) is 0.629. The van der Waals surface area contributed by atoms with Gasteiger partial charge in [0.1, 0.15) is 17.9 Å². The van der Waals surface area contributed by atoms with Crippen molar-refractivity contribution >= 4 is 5.91 Å². The number of carbonyl (C=O) groups is 1. The molecule has 1 amide bonds. The lowest BCUT2D eigenvalue weighted by Crippen LogP contribution is -2.58. The maximum Gasteiger partial charge on any atom is 0.227 e. The molecule has 2 heterocycles. The van der Waals surface area contributed by atoms with Crippen molar-refractivity contribution in [3.05, 3.63) is 69.8 Å². The average molecular weight is 582 g/mol. The molecule has 7 heteroatoms. The second-order valence-electron chi connectivity index (χ2n) is 14.4. The second kappa shape index (κ2) is 11.3. The molecule has 5 nitrogen and oxygen atoms in total. The van der Waals surface area contributed by atoms with Gasteiger partial charge in [-0.2, -0.15) is 0 Å². The lowest BCUT2D eigenvalue weighted by atomic mass is 9.69. The minimum atomic E-state index is -0.601. The molecule has 2 fully saturated rings. The molecule has 2 aromatic rings. The quantitative estimate of drug-likeness (QED) is 0.445. The number of amides is 1. The minimum absolute atomic E-state index is 0.0661. The number of halogens is 2. The Morgan fingerprint density at radius 3 is 2.24 bits per heavy atom. The Balaban J connectivity index is 1.44. The molecule has 0 saturated carbocycles. The van der Waals surface area contributed by atoms with Crippen LogP contribution in [0.2, 0.25) is 0 Å². The summed E-state index contributed by atoms with van der Waals surface area (Å²) < 4.78 is 28.8. The number of benzene rings is 2. The van der Waals surface area contributed by atoms with Gasteiger partial charge in [0.15, 0.2) is 0 Å². The third-order valence-corrected chi connectivity index (χ3v) is 10.6. The Bertz CT molecular complexity index is 1320. The van der Waals surface area contributed by atoms with Gasteiger partial charge in [-0.1, -0.05) is 18.2 Å². The fourth-order valence-electron chi connectivity index (χ4n) is 8.22. The van der Waals surface area contributed by atoms with Gasteiger partial charge in [0.05, 0.1) is 5.92 Å². The van der Waals surface area contributed by atoms with Gasteiger partial charge in [-0.15, -0.1) is 0 Å². The van der Waals surface area contributed by atoms with Gasteiger partial charge in [0.25, 0.3) is 0 Å². The number of aliphatic hydroxyl groups is 1. The maximum absolute atomic E-state index is 15.0. The van der Waals surface area contributed by atoms with Crippen molar-refractivity contribution in [1.82, 2.24) is 14.7 Å². The van der Waals surface area contributed by atoms with Crippen LogP contribution < -0.4 is 0 Å². The molecule has 1 unspecified atom stereocenters. The summed E-state index contributed by atoms with van der Waals surface area (Å²) in [4.78, 5) is 20.8. The van der Waals surface area contributed by atoms with Crippen LogP contribution in [0.1, 0.15) is 88.1 Å². The van der Waals surface area contributed by atoms with Gasteiger partial charge in [0.2, 0.25) is 5.91 Å². The van der Waals surface area contributed by atoms with Gasteiger partial charge in [-0.05, 0) is 109 Å². The molecule has 0 radical (unpaired) electrons. The Kier molecular flexibility index (Phi) is 8.36. The number of likely N-dealkylation sites (tertiary alicyclic amines) is 2. The smallest absolute Gasteiger partial charge is 0.227 e. The van der Waals surface area contributed by atoms with Gasteiger partial charge in [0, 0.05) is 61.2 Å². The molecule has 2 aromatic carbocycles. The highest BCUT2D eigenvalue weighted by molar-refractivity contribution is 5.81. The Morgan fingerprint density at radius 1 is 1.02 bits per heavy atom. The summed E-state index contributed by atoms with van der Waals surface area (Å²) in [5.74, 6) is -1.83. The van der Waals surface area contributed by atoms with Gasteiger partial charge in [-0.25, -0.2) is 8.78 Å². The van der Waals surface area contributed by atoms with Crippen molar-refractivity contribution in [2.75, 3.05) is 26.2 Å². The van der Waals surface area contributed by atoms with Crippen molar-refractivity contribution in [3.63, 3.8) is 0 Å². The highest BCUT2D eigenvalue weighted by Gasteiger charge is 2.53. The van der Waals surface area contributed by atoms with Crippen LogP contribution in [0.15, 0.2) is 30.3 Å². The lowest BCUT2D eigenvalue weighted by Gasteiger charge is -2.50. The monoisotopic (exact) mass is 581 g/mol. The summed E-state index contributed by atoms with van der Waals surface area (Å²) in [5.41, 5.74) is 5.40. The maximum atomic E-state index is 15.0. The largest absolute Gasteiger partial charge is 0.379 e. The van der Waals surface area contributed by atoms with E-state index in [2.05, 4.69) is 70.4 Å². The summed E-state index contributed by atoms with van der Waals surface area (Å²) in [6.45, 7) is 19.2. The van der Waals surface area contributed by atoms with Crippen LogP contribution >= 0.6 is 0 Å². The Hall–Kier alpha value is -2.35. The van der Waals surface area contributed by atoms with E-state index in [1.54, 1.807) is 0 Å². The number of nitrogens with zero attached hydrogens (tertiary/aromatic N) is 3. The van der Waals surface area contributed by atoms with Crippen LogP contribution in [0.3, 0.4) is 0 Å². The molecule has 2 aliphatic heterocycles. The van der Waals surface area contributed by atoms with Crippen molar-refractivity contribution in [1.29, 1.82) is 0 Å². The predicted octanol–water partition coefficient (Wildman–Crippen LogP) is 5.93. The first kappa shape index (κ1) is 31.1. The van der Waals surface area contributed by atoms with Crippen molar-refractivity contribution in [3.8, 4) is 0 Å². The number of piperidine rings is 1. The molecule has 5 rings (SSSR count). The molecule has 1 N–H and O–H groups in total. The number of hydrogen-bond donors (Lipinski definition) is 1. The van der Waals surface area contributed by atoms with Crippen molar-refractivity contribution < 1.29 is 18.7 Å². The van der Waals surface area contributed by atoms with E-state index in [1.807, 2.05) is 11.8 Å². The molecule has 42 heavy (non-hydrogen) atoms. The molecule has 3 aliphatic rings. The summed E-state index contributed by atoms with van der Waals surface area (Å²) in [5, 5.41) is 10.9. The first-order valence-corrected chi connectivity index (χ1v) is 15.7. The number of aryl methyl sites for hydroxylation is 2. The standard InChI is InChI=1S/C35H49F2N3O2/c1-21(2)40(24(5)41)32-17-25-15-22(3)23(4)16-30(25)35(32)11-13-38(14-12-35)33(42)29-20-39(34(6,7)8)19-28(29)27-10-9-26(36)18-31(27)37/h9-10,15-16,18,21,24,28-29,32,41H,11-14,17,19-20H2,1-8H3/t24?,28-,29+,32+/m0/s1. The second-order valence-corrected chi connectivity index (χ2v) is 14.4. The zero-order valence-electron chi connectivity index (χ0n) is 26.7. The van der Waals surface area contributed by atoms with Gasteiger partial charge >= 0.3 is 0 Å². The van der Waals surface area contributed by atoms with Gasteiger partial charge in [-0.3, -0.25) is 14.6 Å². The number of rotatable bonds is 5. The van der Waals surface area contributed by atoms with Crippen molar-refractivity contribution in [2.24, 2.45) is 5.92 Å². The van der Waals surface area contributed by atoms with E-state index in [0.29, 0.717) is 31.7 Å². The van der Waals surface area contributed by atoms with Crippen LogP contribution in [0, 0.1) is 31.4 Å². The Labute approximate surface area is 250 Å². The average Bonchev–Trinajstić information content (AvgIpc) is 3.45. The molecule has 0 aromatic heterocycles. The number of carbonyl (C=O) groups excluding carboxylic acids is 1. The normalized spacial score (nSPS) is 25.1. The lowest BCUT2D eigenvalue weighted by molar-refractivity contribution is -0.138. The third-order valence-electron chi connectivity index (χ3n) is 10.6. The molecular formula is C35H49F2N3O2. The van der Waals surface area contributed by atoms with Crippen LogP contribution in [0.5, 0.6) is 0 Å². The SMILES string of the molecule is Cc1cc2c(cc1C)C1(CCN(C(=O)[C@@H]3CN(C(C)(C)C)C[C@H]3c3ccc(F)cc3F)CC1)[C@H](N(C(C)C)C(C)O)C2. The van der Waals surface area contributed by atoms with Gasteiger partial charge < -0.3 is 10.0 Å². The van der Waals surface area contributed by atoms with E-state index in [1.165, 1.54) is 34.4 Å². The summed E-state index contributed by atoms with van der Waals surface area (Å²) >= 11 is 0. The zero-order chi connectivity index (χ0) is 30.7. The van der Waals surface area contributed by atoms with E-state index in [0.717, 1.165) is 25.3 Å². The highest BCUT2D eigenvalue weighted by Crippen LogP contribution is 2.50. The van der Waals surface area contributed by atoms with E-state index >= 15 is 4.39 Å². The fourth-order valence-corrected chi connectivity index (χ4v) is 8.22. The predicted molar refractivity (Wildman–Crippen MR) is 163 cm³/mol. The highest BCUT2D eigenvalue weighted by atomic mass is 19.1. The van der Waals surface area contributed by atoms with Crippen LogP contribution in [-0.2, 0) is 16.6 Å². The summed E-state index contributed by atoms with van der Waals surface area (Å²) in [6.07, 6.45) is 1.96. The van der Waals surface area contributed by atoms with E-state index in [-0.39, 0.29) is 40.8 Å². The number of aliphatic hydroxyl groups excluding tert-OH is 1. The molecule has 2 saturated heterocycles. The molecule has 1 spiro atoms. The first-order valence-electron chi connectivity index (χ1n) is 15.7.